The zero-order valence-corrected chi connectivity index (χ0v) is 16.0. The molecule has 0 spiro atoms. The Kier molecular flexibility index (Phi) is 5.00. The van der Waals surface area contributed by atoms with Crippen LogP contribution in [0.1, 0.15) is 15.9 Å². The second kappa shape index (κ2) is 7.74. The maximum Gasteiger partial charge on any atom is 0.340 e. The molecular weight excluding hydrogens is 374 g/mol. The molecule has 6 heteroatoms. The topological polar surface area (TPSA) is 56.1 Å². The van der Waals surface area contributed by atoms with Crippen molar-refractivity contribution in [3.8, 4) is 0 Å². The number of hydrogen-bond donors (Lipinski definition) is 1. The first kappa shape index (κ1) is 18.1. The number of anilines is 2. The molecule has 0 saturated carbocycles. The number of aromatic nitrogens is 2. The fourth-order valence-corrected chi connectivity index (χ4v) is 3.28. The highest BCUT2D eigenvalue weighted by Crippen LogP contribution is 2.27. The molecule has 0 bridgehead atoms. The van der Waals surface area contributed by atoms with E-state index in [-0.39, 0.29) is 0 Å². The molecule has 0 aliphatic carbocycles. The monoisotopic (exact) mass is 391 g/mol. The Morgan fingerprint density at radius 1 is 1.11 bits per heavy atom. The van der Waals surface area contributed by atoms with Crippen LogP contribution in [-0.2, 0) is 11.3 Å². The van der Waals surface area contributed by atoms with E-state index >= 15 is 0 Å². The minimum absolute atomic E-state index is 0.384. The molecule has 140 valence electrons. The second-order valence-corrected chi connectivity index (χ2v) is 6.80. The molecule has 5 nitrogen and oxygen atoms in total. The van der Waals surface area contributed by atoms with Crippen molar-refractivity contribution in [2.24, 2.45) is 0 Å². The van der Waals surface area contributed by atoms with Gasteiger partial charge in [-0.15, -0.1) is 0 Å². The SMILES string of the molecule is COC(=O)c1cc(Cl)ccc1Nc1ccc2c(cnn2Cc2ccccc2)c1. The van der Waals surface area contributed by atoms with E-state index in [0.717, 1.165) is 16.6 Å². The Bertz CT molecular complexity index is 1140. The predicted molar refractivity (Wildman–Crippen MR) is 111 cm³/mol. The molecule has 4 rings (SSSR count). The first-order valence-electron chi connectivity index (χ1n) is 8.78. The number of benzene rings is 3. The van der Waals surface area contributed by atoms with Gasteiger partial charge in [0, 0.05) is 16.1 Å². The van der Waals surface area contributed by atoms with Crippen molar-refractivity contribution < 1.29 is 9.53 Å². The molecule has 0 unspecified atom stereocenters. The zero-order chi connectivity index (χ0) is 19.5. The highest BCUT2D eigenvalue weighted by molar-refractivity contribution is 6.31. The molecule has 1 heterocycles. The van der Waals surface area contributed by atoms with E-state index in [4.69, 9.17) is 16.3 Å². The van der Waals surface area contributed by atoms with E-state index < -0.39 is 5.97 Å². The molecule has 28 heavy (non-hydrogen) atoms. The van der Waals surface area contributed by atoms with Crippen LogP contribution < -0.4 is 5.32 Å². The number of carbonyl (C=O) groups excluding carboxylic acids is 1. The lowest BCUT2D eigenvalue weighted by Gasteiger charge is -2.12. The van der Waals surface area contributed by atoms with Crippen LogP contribution in [0.5, 0.6) is 0 Å². The number of halogens is 1. The maximum absolute atomic E-state index is 12.0. The summed E-state index contributed by atoms with van der Waals surface area (Å²) in [7, 11) is 1.35. The molecule has 0 atom stereocenters. The predicted octanol–water partition coefficient (Wildman–Crippen LogP) is 5.27. The standard InChI is InChI=1S/C22H18ClN3O2/c1-28-22(27)19-12-17(23)7-9-20(19)25-18-8-10-21-16(11-18)13-24-26(21)14-15-5-3-2-4-6-15/h2-13,25H,14H2,1H3. The fraction of sp³-hybridized carbons (Fsp3) is 0.0909. The van der Waals surface area contributed by atoms with E-state index in [2.05, 4.69) is 22.5 Å². The molecule has 3 aromatic carbocycles. The summed E-state index contributed by atoms with van der Waals surface area (Å²) < 4.78 is 6.82. The number of nitrogens with one attached hydrogen (secondary N) is 1. The minimum Gasteiger partial charge on any atom is -0.465 e. The molecular formula is C22H18ClN3O2. The molecule has 0 aliphatic rings. The Balaban J connectivity index is 1.62. The van der Waals surface area contributed by atoms with Crippen molar-refractivity contribution in [3.05, 3.63) is 89.1 Å². The lowest BCUT2D eigenvalue weighted by molar-refractivity contribution is 0.0602. The molecule has 0 amide bonds. The summed E-state index contributed by atoms with van der Waals surface area (Å²) in [5.74, 6) is -0.443. The van der Waals surface area contributed by atoms with Gasteiger partial charge in [0.25, 0.3) is 0 Å². The van der Waals surface area contributed by atoms with E-state index in [1.807, 2.05) is 47.3 Å². The van der Waals surface area contributed by atoms with Gasteiger partial charge in [0.2, 0.25) is 0 Å². The summed E-state index contributed by atoms with van der Waals surface area (Å²) in [5.41, 5.74) is 4.10. The normalized spacial score (nSPS) is 10.8. The van der Waals surface area contributed by atoms with Crippen LogP contribution in [0.4, 0.5) is 11.4 Å². The van der Waals surface area contributed by atoms with Crippen molar-refractivity contribution in [2.75, 3.05) is 12.4 Å². The average Bonchev–Trinajstić information content (AvgIpc) is 3.11. The summed E-state index contributed by atoms with van der Waals surface area (Å²) in [6.45, 7) is 0.709. The highest BCUT2D eigenvalue weighted by Gasteiger charge is 2.13. The summed E-state index contributed by atoms with van der Waals surface area (Å²) in [5, 5.41) is 9.26. The van der Waals surface area contributed by atoms with Crippen molar-refractivity contribution in [1.29, 1.82) is 0 Å². The number of hydrogen-bond acceptors (Lipinski definition) is 4. The fourth-order valence-electron chi connectivity index (χ4n) is 3.11. The number of rotatable bonds is 5. The molecule has 0 aliphatic heterocycles. The Labute approximate surface area is 167 Å². The number of methoxy groups -OCH3 is 1. The number of nitrogens with zero attached hydrogens (tertiary/aromatic N) is 2. The lowest BCUT2D eigenvalue weighted by atomic mass is 10.1. The van der Waals surface area contributed by atoms with Gasteiger partial charge in [0.15, 0.2) is 0 Å². The van der Waals surface area contributed by atoms with Crippen LogP contribution in [0.25, 0.3) is 10.9 Å². The van der Waals surface area contributed by atoms with E-state index in [1.54, 1.807) is 18.2 Å². The van der Waals surface area contributed by atoms with Crippen LogP contribution in [-0.4, -0.2) is 22.9 Å². The van der Waals surface area contributed by atoms with Gasteiger partial charge in [0.05, 0.1) is 36.6 Å². The van der Waals surface area contributed by atoms with Gasteiger partial charge in [-0.25, -0.2) is 4.79 Å². The van der Waals surface area contributed by atoms with E-state index in [1.165, 1.54) is 12.7 Å². The van der Waals surface area contributed by atoms with Gasteiger partial charge in [-0.05, 0) is 42.0 Å². The maximum atomic E-state index is 12.0. The third kappa shape index (κ3) is 3.70. The summed E-state index contributed by atoms with van der Waals surface area (Å²) in [4.78, 5) is 12.0. The molecule has 1 aromatic heterocycles. The van der Waals surface area contributed by atoms with Crippen LogP contribution in [0.2, 0.25) is 5.02 Å². The van der Waals surface area contributed by atoms with Crippen LogP contribution in [0, 0.1) is 0 Å². The first-order valence-corrected chi connectivity index (χ1v) is 9.16. The molecule has 0 saturated heterocycles. The summed E-state index contributed by atoms with van der Waals surface area (Å²) in [6, 6.07) is 21.3. The van der Waals surface area contributed by atoms with Gasteiger partial charge in [-0.3, -0.25) is 4.68 Å². The van der Waals surface area contributed by atoms with Gasteiger partial charge in [-0.1, -0.05) is 41.9 Å². The third-order valence-electron chi connectivity index (χ3n) is 4.48. The largest absolute Gasteiger partial charge is 0.465 e. The first-order chi connectivity index (χ1) is 13.6. The van der Waals surface area contributed by atoms with Gasteiger partial charge < -0.3 is 10.1 Å². The Hall–Kier alpha value is -3.31. The molecule has 0 radical (unpaired) electrons. The zero-order valence-electron chi connectivity index (χ0n) is 15.2. The number of esters is 1. The van der Waals surface area contributed by atoms with Crippen LogP contribution in [0.3, 0.4) is 0 Å². The van der Waals surface area contributed by atoms with E-state index in [0.29, 0.717) is 22.8 Å². The lowest BCUT2D eigenvalue weighted by Crippen LogP contribution is -2.05. The van der Waals surface area contributed by atoms with E-state index in [9.17, 15) is 4.79 Å². The Morgan fingerprint density at radius 2 is 1.93 bits per heavy atom. The minimum atomic E-state index is -0.443. The summed E-state index contributed by atoms with van der Waals surface area (Å²) >= 11 is 6.02. The number of fused-ring (bicyclic) bond motifs is 1. The van der Waals surface area contributed by atoms with Gasteiger partial charge in [-0.2, -0.15) is 5.10 Å². The smallest absolute Gasteiger partial charge is 0.340 e. The molecule has 1 N–H and O–H groups in total. The Morgan fingerprint density at radius 3 is 2.71 bits per heavy atom. The van der Waals surface area contributed by atoms with Gasteiger partial charge >= 0.3 is 5.97 Å². The van der Waals surface area contributed by atoms with Crippen molar-refractivity contribution in [2.45, 2.75) is 6.54 Å². The number of carbonyl (C=O) groups is 1. The average molecular weight is 392 g/mol. The second-order valence-electron chi connectivity index (χ2n) is 6.37. The molecule has 0 fully saturated rings. The van der Waals surface area contributed by atoms with Crippen molar-refractivity contribution in [3.63, 3.8) is 0 Å². The van der Waals surface area contributed by atoms with Crippen LogP contribution in [0.15, 0.2) is 72.9 Å². The van der Waals surface area contributed by atoms with Crippen LogP contribution >= 0.6 is 11.6 Å². The summed E-state index contributed by atoms with van der Waals surface area (Å²) in [6.07, 6.45) is 1.84. The van der Waals surface area contributed by atoms with Gasteiger partial charge in [0.1, 0.15) is 0 Å². The van der Waals surface area contributed by atoms with Crippen molar-refractivity contribution >= 4 is 39.8 Å². The molecule has 4 aromatic rings. The quantitative estimate of drug-likeness (QED) is 0.471. The number of ether oxygens (including phenoxy) is 1. The highest BCUT2D eigenvalue weighted by atomic mass is 35.5. The van der Waals surface area contributed by atoms with Crippen molar-refractivity contribution in [1.82, 2.24) is 9.78 Å². The third-order valence-corrected chi connectivity index (χ3v) is 4.72.